The van der Waals surface area contributed by atoms with Crippen LogP contribution in [0.1, 0.15) is 21.6 Å². The number of halogens is 2. The quantitative estimate of drug-likeness (QED) is 0.430. The van der Waals surface area contributed by atoms with Gasteiger partial charge in [0, 0.05) is 0 Å². The van der Waals surface area contributed by atoms with E-state index < -0.39 is 0 Å². The molecular formula is C11H13ClIN4-. The summed E-state index contributed by atoms with van der Waals surface area (Å²) in [6.07, 6.45) is 3.07. The van der Waals surface area contributed by atoms with Gasteiger partial charge in [0.1, 0.15) is 0 Å². The molecule has 1 N–H and O–H groups in total. The van der Waals surface area contributed by atoms with Crippen molar-refractivity contribution in [2.24, 2.45) is 7.05 Å². The van der Waals surface area contributed by atoms with Gasteiger partial charge in [-0.25, -0.2) is 0 Å². The number of anilines is 1. The second-order valence-corrected chi connectivity index (χ2v) is 6.87. The first-order chi connectivity index (χ1) is 8.19. The van der Waals surface area contributed by atoms with E-state index in [-0.39, 0.29) is 27.7 Å². The van der Waals surface area contributed by atoms with Gasteiger partial charge in [-0.2, -0.15) is 0 Å². The molecule has 4 nitrogen and oxygen atoms in total. The standard InChI is InChI=1S/C11H13ClIN4/c1-13-8-4-3-7(12)9-10(8)17(2)16-11(9)15-6-5-14/h3,8H,4,6H2,1-2H3,(H,15,16)/q-1. The third kappa shape index (κ3) is 2.29. The van der Waals surface area contributed by atoms with Crippen LogP contribution in [-0.4, -0.2) is 21.3 Å². The first kappa shape index (κ1) is 12.7. The number of aromatic nitrogens is 2. The molecule has 0 amide bonds. The molecule has 0 aliphatic heterocycles. The van der Waals surface area contributed by atoms with Gasteiger partial charge in [0.2, 0.25) is 0 Å². The third-order valence-electron chi connectivity index (χ3n) is 2.73. The summed E-state index contributed by atoms with van der Waals surface area (Å²) in [5.41, 5.74) is 2.20. The Labute approximate surface area is 116 Å². The van der Waals surface area contributed by atoms with Gasteiger partial charge in [0.15, 0.2) is 0 Å². The van der Waals surface area contributed by atoms with Crippen LogP contribution in [0.4, 0.5) is 5.82 Å². The minimum absolute atomic E-state index is 0.104. The molecule has 1 aliphatic rings. The van der Waals surface area contributed by atoms with E-state index in [9.17, 15) is 0 Å². The molecule has 2 rings (SSSR count). The maximum atomic E-state index is 8.61. The number of allylic oxidation sites excluding steroid dienone is 1. The van der Waals surface area contributed by atoms with E-state index in [0.717, 1.165) is 22.8 Å². The van der Waals surface area contributed by atoms with Crippen LogP contribution in [0.3, 0.4) is 0 Å². The van der Waals surface area contributed by atoms with E-state index in [0.29, 0.717) is 3.92 Å². The number of aryl methyl sites for hydroxylation is 1. The Morgan fingerprint density at radius 1 is 1.76 bits per heavy atom. The van der Waals surface area contributed by atoms with Crippen LogP contribution < -0.4 is 26.5 Å². The predicted octanol–water partition coefficient (Wildman–Crippen LogP) is -0.901. The van der Waals surface area contributed by atoms with Crippen molar-refractivity contribution in [3.05, 3.63) is 17.3 Å². The van der Waals surface area contributed by atoms with E-state index in [1.54, 1.807) is 0 Å². The molecule has 0 aromatic carbocycles. The topological polar surface area (TPSA) is 53.6 Å². The molecule has 0 fully saturated rings. The first-order valence-electron chi connectivity index (χ1n) is 5.20. The average Bonchev–Trinajstić information content (AvgIpc) is 2.66. The normalized spacial score (nSPS) is 18.5. The third-order valence-corrected chi connectivity index (χ3v) is 5.67. The van der Waals surface area contributed by atoms with Gasteiger partial charge in [-0.15, -0.1) is 0 Å². The fraction of sp³-hybridized carbons (Fsp3) is 0.455. The Kier molecular flexibility index (Phi) is 3.94. The van der Waals surface area contributed by atoms with Crippen molar-refractivity contribution in [1.29, 1.82) is 5.26 Å². The Morgan fingerprint density at radius 2 is 2.53 bits per heavy atom. The van der Waals surface area contributed by atoms with Crippen molar-refractivity contribution in [2.75, 3.05) is 16.8 Å². The Morgan fingerprint density at radius 3 is 3.18 bits per heavy atom. The summed E-state index contributed by atoms with van der Waals surface area (Å²) in [6.45, 7) is 0.249. The number of nitrogens with one attached hydrogen (secondary N) is 1. The molecular weight excluding hydrogens is 351 g/mol. The number of hydrogen-bond acceptors (Lipinski definition) is 3. The minimum atomic E-state index is 0.104. The van der Waals surface area contributed by atoms with Gasteiger partial charge in [0.05, 0.1) is 0 Å². The van der Waals surface area contributed by atoms with Gasteiger partial charge in [-0.1, -0.05) is 0 Å². The molecule has 1 aromatic rings. The molecule has 1 unspecified atom stereocenters. The van der Waals surface area contributed by atoms with Crippen molar-refractivity contribution in [3.63, 3.8) is 0 Å². The van der Waals surface area contributed by atoms with Gasteiger partial charge in [-0.3, -0.25) is 0 Å². The van der Waals surface area contributed by atoms with Crippen LogP contribution in [0.15, 0.2) is 6.08 Å². The molecule has 0 bridgehead atoms. The summed E-state index contributed by atoms with van der Waals surface area (Å²) in [4.78, 5) is 2.27. The molecule has 1 heterocycles. The van der Waals surface area contributed by atoms with Crippen molar-refractivity contribution in [3.8, 4) is 6.07 Å². The van der Waals surface area contributed by atoms with Crippen LogP contribution in [0.5, 0.6) is 0 Å². The summed E-state index contributed by atoms with van der Waals surface area (Å²) in [5, 5.41) is 16.8. The van der Waals surface area contributed by atoms with Gasteiger partial charge in [-0.05, 0) is 0 Å². The Bertz CT molecular complexity index is 500. The number of fused-ring (bicyclic) bond motifs is 1. The van der Waals surface area contributed by atoms with Gasteiger partial charge in [0.25, 0.3) is 0 Å². The zero-order chi connectivity index (χ0) is 12.4. The molecule has 0 spiro atoms. The van der Waals surface area contributed by atoms with E-state index in [2.05, 4.69) is 27.5 Å². The monoisotopic (exact) mass is 363 g/mol. The Hall–Kier alpha value is -0.740. The summed E-state index contributed by atoms with van der Waals surface area (Å²) in [5.74, 6) is 0.729. The number of nitriles is 1. The fourth-order valence-electron chi connectivity index (χ4n) is 1.99. The average molecular weight is 364 g/mol. The van der Waals surface area contributed by atoms with Crippen LogP contribution >= 0.6 is 11.6 Å². The molecule has 1 aliphatic carbocycles. The van der Waals surface area contributed by atoms with E-state index in [4.69, 9.17) is 16.9 Å². The van der Waals surface area contributed by atoms with Crippen molar-refractivity contribution < 1.29 is 21.2 Å². The molecule has 1 atom stereocenters. The van der Waals surface area contributed by atoms with Crippen molar-refractivity contribution in [2.45, 2.75) is 10.3 Å². The van der Waals surface area contributed by atoms with Gasteiger partial charge >= 0.3 is 116 Å². The number of hydrogen-bond donors (Lipinski definition) is 1. The molecule has 6 heteroatoms. The first-order valence-corrected chi connectivity index (χ1v) is 8.99. The molecule has 92 valence electrons. The van der Waals surface area contributed by atoms with Crippen LogP contribution in [0.25, 0.3) is 5.03 Å². The Balaban J connectivity index is 2.47. The van der Waals surface area contributed by atoms with Crippen molar-refractivity contribution in [1.82, 2.24) is 9.78 Å². The van der Waals surface area contributed by atoms with Crippen LogP contribution in [0.2, 0.25) is 0 Å². The van der Waals surface area contributed by atoms with Crippen molar-refractivity contribution >= 4 is 22.5 Å². The SMILES string of the molecule is C[I-]C1CC=C(Cl)c2c(NCC#N)nn(C)c21. The zero-order valence-corrected chi connectivity index (χ0v) is 12.6. The zero-order valence-electron chi connectivity index (χ0n) is 9.67. The summed E-state index contributed by atoms with van der Waals surface area (Å²) < 4.78 is 2.47. The summed E-state index contributed by atoms with van der Waals surface area (Å²) in [6, 6.07) is 2.06. The van der Waals surface area contributed by atoms with Crippen LogP contribution in [-0.2, 0) is 7.05 Å². The molecule has 0 saturated carbocycles. The number of rotatable bonds is 3. The predicted molar refractivity (Wildman–Crippen MR) is 64.4 cm³/mol. The van der Waals surface area contributed by atoms with E-state index >= 15 is 0 Å². The molecule has 1 aromatic heterocycles. The molecule has 17 heavy (non-hydrogen) atoms. The second kappa shape index (κ2) is 5.27. The number of nitrogens with zero attached hydrogens (tertiary/aromatic N) is 3. The van der Waals surface area contributed by atoms with Crippen LogP contribution in [0, 0.1) is 11.3 Å². The summed E-state index contributed by atoms with van der Waals surface area (Å²) in [7, 11) is 1.94. The summed E-state index contributed by atoms with van der Waals surface area (Å²) >= 11 is 6.37. The van der Waals surface area contributed by atoms with Gasteiger partial charge < -0.3 is 0 Å². The molecule has 0 saturated heterocycles. The van der Waals surface area contributed by atoms with E-state index in [1.807, 2.05) is 11.7 Å². The number of alkyl halides is 2. The second-order valence-electron chi connectivity index (χ2n) is 3.72. The van der Waals surface area contributed by atoms with E-state index in [1.165, 1.54) is 5.69 Å². The maximum absolute atomic E-state index is 8.61. The fourth-order valence-corrected chi connectivity index (χ4v) is 4.33. The molecule has 0 radical (unpaired) electrons.